The van der Waals surface area contributed by atoms with E-state index in [0.29, 0.717) is 0 Å². The first-order valence-electron chi connectivity index (χ1n) is 4.80. The second kappa shape index (κ2) is 3.26. The molecule has 0 atom stereocenters. The van der Waals surface area contributed by atoms with E-state index in [1.807, 2.05) is 24.3 Å². The van der Waals surface area contributed by atoms with E-state index in [2.05, 4.69) is 29.1 Å². The second-order valence-electron chi connectivity index (χ2n) is 3.47. The van der Waals surface area contributed by atoms with Gasteiger partial charge in [0.1, 0.15) is 0 Å². The first kappa shape index (κ1) is 8.77. The number of fused-ring (bicyclic) bond motifs is 3. The van der Waals surface area contributed by atoms with Crippen molar-refractivity contribution in [2.75, 3.05) is 0 Å². The van der Waals surface area contributed by atoms with Gasteiger partial charge in [-0.2, -0.15) is 0 Å². The van der Waals surface area contributed by atoms with Crippen LogP contribution in [-0.2, 0) is 0 Å². The van der Waals surface area contributed by atoms with Crippen LogP contribution in [-0.4, -0.2) is 14.7 Å². The van der Waals surface area contributed by atoms with Crippen molar-refractivity contribution >= 4 is 23.4 Å². The van der Waals surface area contributed by atoms with Crippen molar-refractivity contribution in [3.8, 4) is 16.0 Å². The Balaban J connectivity index is 2.37. The fourth-order valence-corrected chi connectivity index (χ4v) is 5.84. The molecule has 0 aromatic heterocycles. The molecule has 0 amide bonds. The Morgan fingerprint density at radius 1 is 0.800 bits per heavy atom. The van der Waals surface area contributed by atoms with E-state index < -0.39 is 14.7 Å². The van der Waals surface area contributed by atoms with Crippen LogP contribution in [0.5, 0.6) is 0 Å². The summed E-state index contributed by atoms with van der Waals surface area (Å²) < 4.78 is 2.57. The van der Waals surface area contributed by atoms with Gasteiger partial charge in [0.25, 0.3) is 0 Å². The number of nitrogens with zero attached hydrogens (tertiary/aromatic N) is 1. The number of rotatable bonds is 0. The average Bonchev–Trinajstić information content (AvgIpc) is 2.63. The van der Waals surface area contributed by atoms with Gasteiger partial charge in [-0.1, -0.05) is 0 Å². The maximum atomic E-state index is 9.27. The molecule has 0 fully saturated rings. The molecule has 70 valence electrons. The Hall–Kier alpha value is -1.51. The number of benzene rings is 2. The van der Waals surface area contributed by atoms with Gasteiger partial charge < -0.3 is 0 Å². The van der Waals surface area contributed by atoms with E-state index >= 15 is 0 Å². The minimum absolute atomic E-state index is 1.27. The summed E-state index contributed by atoms with van der Waals surface area (Å²) in [4.78, 5) is 2.52. The summed E-state index contributed by atoms with van der Waals surface area (Å²) in [7, 11) is 0. The molecule has 0 radical (unpaired) electrons. The first-order chi connectivity index (χ1) is 7.42. The minimum atomic E-state index is -1.62. The van der Waals surface area contributed by atoms with Crippen LogP contribution < -0.4 is 8.70 Å². The Kier molecular flexibility index (Phi) is 1.91. The van der Waals surface area contributed by atoms with Crippen molar-refractivity contribution < 1.29 is 0 Å². The average molecular weight is 253 g/mol. The van der Waals surface area contributed by atoms with Crippen LogP contribution in [0.2, 0.25) is 0 Å². The van der Waals surface area contributed by atoms with E-state index in [-0.39, 0.29) is 0 Å². The second-order valence-corrected chi connectivity index (χ2v) is 7.32. The number of hydrogen-bond acceptors (Lipinski definition) is 1. The van der Waals surface area contributed by atoms with Gasteiger partial charge in [-0.25, -0.2) is 0 Å². The van der Waals surface area contributed by atoms with Gasteiger partial charge in [0.05, 0.1) is 0 Å². The molecule has 2 aromatic carbocycles. The molecular weight excluding hydrogens is 245 g/mol. The van der Waals surface area contributed by atoms with Gasteiger partial charge in [0, 0.05) is 0 Å². The summed E-state index contributed by atoms with van der Waals surface area (Å²) in [5, 5.41) is 9.27. The molecule has 3 rings (SSSR count). The molecule has 2 aromatic rings. The Morgan fingerprint density at radius 2 is 1.27 bits per heavy atom. The van der Waals surface area contributed by atoms with Crippen molar-refractivity contribution in [1.82, 2.24) is 0 Å². The fourth-order valence-electron chi connectivity index (χ4n) is 2.03. The van der Waals surface area contributed by atoms with Crippen molar-refractivity contribution in [2.45, 2.75) is 0 Å². The summed E-state index contributed by atoms with van der Waals surface area (Å²) in [6, 6.07) is 16.6. The molecule has 0 bridgehead atoms. The predicted molar refractivity (Wildman–Crippen MR) is 62.5 cm³/mol. The monoisotopic (exact) mass is 253 g/mol. The molecule has 0 spiro atoms. The van der Waals surface area contributed by atoms with Crippen LogP contribution >= 0.6 is 0 Å². The third kappa shape index (κ3) is 1.16. The van der Waals surface area contributed by atoms with Gasteiger partial charge >= 0.3 is 93.1 Å². The summed E-state index contributed by atoms with van der Waals surface area (Å²) in [6.45, 7) is 0. The first-order valence-corrected chi connectivity index (χ1v) is 7.61. The maximum absolute atomic E-state index is 9.27. The standard InChI is InChI=1S/C13H8AsN/c15-9-14-12-7-3-1-5-10(12)11-6-2-4-8-13(11)14/h1-8H. The Morgan fingerprint density at radius 3 is 1.73 bits per heavy atom. The third-order valence-electron chi connectivity index (χ3n) is 2.68. The van der Waals surface area contributed by atoms with Crippen molar-refractivity contribution in [1.29, 1.82) is 5.26 Å². The zero-order chi connectivity index (χ0) is 10.3. The van der Waals surface area contributed by atoms with Gasteiger partial charge in [-0.05, 0) is 0 Å². The summed E-state index contributed by atoms with van der Waals surface area (Å²) in [5.41, 5.74) is 2.55. The number of hydrogen-bond donors (Lipinski definition) is 0. The van der Waals surface area contributed by atoms with E-state index in [0.717, 1.165) is 0 Å². The Bertz CT molecular complexity index is 523. The molecule has 0 saturated heterocycles. The molecule has 0 aliphatic carbocycles. The van der Waals surface area contributed by atoms with Crippen LogP contribution in [0.15, 0.2) is 48.5 Å². The summed E-state index contributed by atoms with van der Waals surface area (Å²) in [5.74, 6) is 0. The van der Waals surface area contributed by atoms with Gasteiger partial charge in [0.2, 0.25) is 0 Å². The molecular formula is C13H8AsN. The fraction of sp³-hybridized carbons (Fsp3) is 0. The zero-order valence-electron chi connectivity index (χ0n) is 8.01. The molecule has 2 heteroatoms. The zero-order valence-corrected chi connectivity index (χ0v) is 9.89. The van der Waals surface area contributed by atoms with Gasteiger partial charge in [-0.3, -0.25) is 0 Å². The van der Waals surface area contributed by atoms with Crippen LogP contribution in [0.4, 0.5) is 0 Å². The molecule has 0 saturated carbocycles. The van der Waals surface area contributed by atoms with Gasteiger partial charge in [-0.15, -0.1) is 0 Å². The summed E-state index contributed by atoms with van der Waals surface area (Å²) in [6.07, 6.45) is 0. The van der Waals surface area contributed by atoms with E-state index in [4.69, 9.17) is 0 Å². The van der Waals surface area contributed by atoms with Crippen LogP contribution in [0.3, 0.4) is 0 Å². The quantitative estimate of drug-likeness (QED) is 0.650. The molecule has 1 nitrogen and oxygen atoms in total. The normalized spacial score (nSPS) is 13.0. The predicted octanol–water partition coefficient (Wildman–Crippen LogP) is 1.34. The van der Waals surface area contributed by atoms with E-state index in [1.54, 1.807) is 0 Å². The Labute approximate surface area is 93.2 Å². The van der Waals surface area contributed by atoms with Crippen molar-refractivity contribution in [3.05, 3.63) is 48.5 Å². The van der Waals surface area contributed by atoms with E-state index in [9.17, 15) is 5.26 Å². The van der Waals surface area contributed by atoms with Crippen LogP contribution in [0.1, 0.15) is 0 Å². The molecule has 1 aliphatic heterocycles. The van der Waals surface area contributed by atoms with Crippen LogP contribution in [0, 0.1) is 10.1 Å². The molecule has 0 N–H and O–H groups in total. The van der Waals surface area contributed by atoms with Crippen molar-refractivity contribution in [3.63, 3.8) is 0 Å². The van der Waals surface area contributed by atoms with Crippen LogP contribution in [0.25, 0.3) is 11.1 Å². The third-order valence-corrected chi connectivity index (χ3v) is 6.76. The molecule has 1 heterocycles. The van der Waals surface area contributed by atoms with Gasteiger partial charge in [0.15, 0.2) is 0 Å². The topological polar surface area (TPSA) is 23.8 Å². The van der Waals surface area contributed by atoms with E-state index in [1.165, 1.54) is 19.8 Å². The van der Waals surface area contributed by atoms with Crippen molar-refractivity contribution in [2.24, 2.45) is 0 Å². The molecule has 0 unspecified atom stereocenters. The molecule has 1 aliphatic rings. The molecule has 15 heavy (non-hydrogen) atoms. The number of nitriles is 1. The summed E-state index contributed by atoms with van der Waals surface area (Å²) >= 11 is -1.62. The SMILES string of the molecule is N#C[As]1c2ccccc2-c2ccccc21.